The van der Waals surface area contributed by atoms with Crippen molar-refractivity contribution in [3.05, 3.63) is 66.0 Å². The van der Waals surface area contributed by atoms with E-state index in [0.717, 1.165) is 37.4 Å². The van der Waals surface area contributed by atoms with E-state index in [-0.39, 0.29) is 0 Å². The second-order valence-electron chi connectivity index (χ2n) is 5.57. The first-order valence-corrected chi connectivity index (χ1v) is 7.68. The second kappa shape index (κ2) is 5.64. The Morgan fingerprint density at radius 2 is 2.05 bits per heavy atom. The van der Waals surface area contributed by atoms with Crippen LogP contribution in [0.15, 0.2) is 59.9 Å². The van der Waals surface area contributed by atoms with Crippen LogP contribution in [0.1, 0.15) is 17.5 Å². The lowest BCUT2D eigenvalue weighted by molar-refractivity contribution is 0.742. The third kappa shape index (κ3) is 2.48. The predicted octanol–water partition coefficient (Wildman–Crippen LogP) is 2.82. The zero-order valence-electron chi connectivity index (χ0n) is 12.4. The first-order chi connectivity index (χ1) is 10.9. The Morgan fingerprint density at radius 3 is 2.95 bits per heavy atom. The smallest absolute Gasteiger partial charge is 0.128 e. The molecule has 4 heteroatoms. The molecule has 0 saturated heterocycles. The van der Waals surface area contributed by atoms with Gasteiger partial charge in [-0.1, -0.05) is 30.3 Å². The molecule has 0 radical (unpaired) electrons. The SMILES string of the molecule is c1cc(Cn2cnc3ccccc32)cc(C2=NCCCN2)c1. The van der Waals surface area contributed by atoms with Crippen LogP contribution in [0.3, 0.4) is 0 Å². The van der Waals surface area contributed by atoms with Gasteiger partial charge in [-0.2, -0.15) is 0 Å². The average Bonchev–Trinajstić information content (AvgIpc) is 2.99. The van der Waals surface area contributed by atoms with Gasteiger partial charge in [-0.25, -0.2) is 4.98 Å². The first-order valence-electron chi connectivity index (χ1n) is 7.68. The number of para-hydroxylation sites is 2. The predicted molar refractivity (Wildman–Crippen MR) is 89.3 cm³/mol. The molecule has 4 rings (SSSR count). The highest BCUT2D eigenvalue weighted by Gasteiger charge is 2.08. The van der Waals surface area contributed by atoms with E-state index in [1.54, 1.807) is 0 Å². The number of rotatable bonds is 3. The topological polar surface area (TPSA) is 42.2 Å². The molecule has 0 unspecified atom stereocenters. The molecule has 0 atom stereocenters. The zero-order chi connectivity index (χ0) is 14.8. The number of fused-ring (bicyclic) bond motifs is 1. The van der Waals surface area contributed by atoms with Gasteiger partial charge in [0.15, 0.2) is 0 Å². The van der Waals surface area contributed by atoms with Crippen LogP contribution in [0.4, 0.5) is 0 Å². The molecule has 4 nitrogen and oxygen atoms in total. The van der Waals surface area contributed by atoms with Crippen molar-refractivity contribution in [2.45, 2.75) is 13.0 Å². The minimum atomic E-state index is 0.821. The van der Waals surface area contributed by atoms with Crippen molar-refractivity contribution in [1.29, 1.82) is 0 Å². The van der Waals surface area contributed by atoms with Gasteiger partial charge < -0.3 is 9.88 Å². The Kier molecular flexibility index (Phi) is 3.35. The van der Waals surface area contributed by atoms with Crippen molar-refractivity contribution in [3.8, 4) is 0 Å². The fraction of sp³-hybridized carbons (Fsp3) is 0.222. The quantitative estimate of drug-likeness (QED) is 0.806. The summed E-state index contributed by atoms with van der Waals surface area (Å²) in [6, 6.07) is 16.8. The molecule has 1 N–H and O–H groups in total. The van der Waals surface area contributed by atoms with Gasteiger partial charge in [0.2, 0.25) is 0 Å². The number of benzene rings is 2. The van der Waals surface area contributed by atoms with Gasteiger partial charge in [0, 0.05) is 25.2 Å². The number of aliphatic imine (C=N–C) groups is 1. The second-order valence-corrected chi connectivity index (χ2v) is 5.57. The molecule has 1 aliphatic heterocycles. The van der Waals surface area contributed by atoms with Crippen molar-refractivity contribution in [2.24, 2.45) is 4.99 Å². The van der Waals surface area contributed by atoms with E-state index in [1.165, 1.54) is 16.6 Å². The van der Waals surface area contributed by atoms with E-state index in [9.17, 15) is 0 Å². The van der Waals surface area contributed by atoms with Gasteiger partial charge in [0.05, 0.1) is 17.4 Å². The number of hydrogen-bond donors (Lipinski definition) is 1. The summed E-state index contributed by atoms with van der Waals surface area (Å²) in [5.41, 5.74) is 4.63. The molecule has 0 fully saturated rings. The van der Waals surface area contributed by atoms with Crippen LogP contribution >= 0.6 is 0 Å². The molecule has 0 amide bonds. The Bertz CT molecular complexity index is 832. The van der Waals surface area contributed by atoms with Crippen LogP contribution in [0, 0.1) is 0 Å². The third-order valence-electron chi connectivity index (χ3n) is 3.98. The van der Waals surface area contributed by atoms with Crippen LogP contribution in [-0.2, 0) is 6.54 Å². The summed E-state index contributed by atoms with van der Waals surface area (Å²) in [5.74, 6) is 1.02. The summed E-state index contributed by atoms with van der Waals surface area (Å²) in [5, 5.41) is 3.38. The molecule has 1 aliphatic rings. The maximum absolute atomic E-state index is 4.57. The maximum Gasteiger partial charge on any atom is 0.128 e. The Labute approximate surface area is 129 Å². The summed E-state index contributed by atoms with van der Waals surface area (Å²) < 4.78 is 2.19. The number of nitrogens with one attached hydrogen (secondary N) is 1. The molecule has 3 aromatic rings. The number of nitrogens with zero attached hydrogens (tertiary/aromatic N) is 3. The van der Waals surface area contributed by atoms with Crippen LogP contribution in [0.5, 0.6) is 0 Å². The number of aromatic nitrogens is 2. The Morgan fingerprint density at radius 1 is 1.09 bits per heavy atom. The van der Waals surface area contributed by atoms with Crippen molar-refractivity contribution in [2.75, 3.05) is 13.1 Å². The summed E-state index contributed by atoms with van der Waals surface area (Å²) in [4.78, 5) is 9.03. The lowest BCUT2D eigenvalue weighted by atomic mass is 10.1. The average molecular weight is 290 g/mol. The molecule has 0 bridgehead atoms. The first kappa shape index (κ1) is 13.1. The minimum Gasteiger partial charge on any atom is -0.370 e. The van der Waals surface area contributed by atoms with Gasteiger partial charge in [-0.05, 0) is 30.2 Å². The minimum absolute atomic E-state index is 0.821. The van der Waals surface area contributed by atoms with E-state index in [4.69, 9.17) is 0 Å². The van der Waals surface area contributed by atoms with Crippen molar-refractivity contribution in [1.82, 2.24) is 14.9 Å². The molecule has 22 heavy (non-hydrogen) atoms. The maximum atomic E-state index is 4.57. The standard InChI is InChI=1S/C18H18N4/c1-2-8-17-16(7-1)21-13-22(17)12-14-5-3-6-15(11-14)18-19-9-4-10-20-18/h1-3,5-8,11,13H,4,9-10,12H2,(H,19,20). The van der Waals surface area contributed by atoms with Crippen LogP contribution < -0.4 is 5.32 Å². The monoisotopic (exact) mass is 290 g/mol. The summed E-state index contributed by atoms with van der Waals surface area (Å²) >= 11 is 0. The fourth-order valence-electron chi connectivity index (χ4n) is 2.88. The van der Waals surface area contributed by atoms with Crippen molar-refractivity contribution in [3.63, 3.8) is 0 Å². The molecule has 0 saturated carbocycles. The molecule has 2 heterocycles. The van der Waals surface area contributed by atoms with E-state index in [1.807, 2.05) is 18.5 Å². The van der Waals surface area contributed by atoms with Gasteiger partial charge in [0.25, 0.3) is 0 Å². The lowest BCUT2D eigenvalue weighted by Gasteiger charge is -2.15. The highest BCUT2D eigenvalue weighted by molar-refractivity contribution is 5.99. The van der Waals surface area contributed by atoms with E-state index >= 15 is 0 Å². The molecule has 110 valence electrons. The van der Waals surface area contributed by atoms with Crippen LogP contribution in [0.25, 0.3) is 11.0 Å². The Balaban J connectivity index is 1.64. The summed E-state index contributed by atoms with van der Waals surface area (Å²) in [7, 11) is 0. The van der Waals surface area contributed by atoms with Gasteiger partial charge in [-0.3, -0.25) is 4.99 Å². The van der Waals surface area contributed by atoms with Crippen molar-refractivity contribution >= 4 is 16.9 Å². The highest BCUT2D eigenvalue weighted by atomic mass is 15.0. The molecule has 1 aromatic heterocycles. The van der Waals surface area contributed by atoms with Crippen LogP contribution in [-0.4, -0.2) is 28.5 Å². The van der Waals surface area contributed by atoms with Crippen molar-refractivity contribution < 1.29 is 0 Å². The third-order valence-corrected chi connectivity index (χ3v) is 3.98. The normalized spacial score (nSPS) is 14.6. The molecule has 0 aliphatic carbocycles. The van der Waals surface area contributed by atoms with E-state index in [0.29, 0.717) is 0 Å². The number of imidazole rings is 1. The molecular formula is C18H18N4. The summed E-state index contributed by atoms with van der Waals surface area (Å²) in [6.45, 7) is 2.75. The number of hydrogen-bond acceptors (Lipinski definition) is 3. The lowest BCUT2D eigenvalue weighted by Crippen LogP contribution is -2.30. The van der Waals surface area contributed by atoms with E-state index in [2.05, 4.69) is 56.3 Å². The fourth-order valence-corrected chi connectivity index (χ4v) is 2.88. The zero-order valence-corrected chi connectivity index (χ0v) is 12.4. The highest BCUT2D eigenvalue weighted by Crippen LogP contribution is 2.15. The molecular weight excluding hydrogens is 272 g/mol. The van der Waals surface area contributed by atoms with Crippen LogP contribution in [0.2, 0.25) is 0 Å². The Hall–Kier alpha value is -2.62. The van der Waals surface area contributed by atoms with Gasteiger partial charge >= 0.3 is 0 Å². The van der Waals surface area contributed by atoms with E-state index < -0.39 is 0 Å². The van der Waals surface area contributed by atoms with Gasteiger partial charge in [-0.15, -0.1) is 0 Å². The molecule has 0 spiro atoms. The summed E-state index contributed by atoms with van der Waals surface area (Å²) in [6.07, 6.45) is 3.03. The van der Waals surface area contributed by atoms with Gasteiger partial charge in [0.1, 0.15) is 5.84 Å². The number of amidine groups is 1. The largest absolute Gasteiger partial charge is 0.370 e. The molecule has 2 aromatic carbocycles.